The van der Waals surface area contributed by atoms with E-state index < -0.39 is 24.1 Å². The zero-order valence-corrected chi connectivity index (χ0v) is 12.2. The molecule has 0 saturated heterocycles. The normalized spacial score (nSPS) is 13.2. The molecule has 0 aliphatic rings. The first-order valence-electron chi connectivity index (χ1n) is 6.99. The molecule has 0 heterocycles. The van der Waals surface area contributed by atoms with E-state index in [1.54, 1.807) is 6.07 Å². The summed E-state index contributed by atoms with van der Waals surface area (Å²) in [7, 11) is 0. The lowest BCUT2D eigenvalue weighted by molar-refractivity contribution is 0.0100. The van der Waals surface area contributed by atoms with Gasteiger partial charge in [0.2, 0.25) is 0 Å². The second kappa shape index (κ2) is 7.56. The smallest absolute Gasteiger partial charge is 0.407 e. The fourth-order valence-corrected chi connectivity index (χ4v) is 2.01. The quantitative estimate of drug-likeness (QED) is 0.892. The van der Waals surface area contributed by atoms with Crippen molar-refractivity contribution in [3.63, 3.8) is 0 Å². The van der Waals surface area contributed by atoms with Crippen molar-refractivity contribution < 1.29 is 19.0 Å². The van der Waals surface area contributed by atoms with Crippen LogP contribution in [-0.2, 0) is 11.3 Å². The monoisotopic (exact) mass is 303 g/mol. The van der Waals surface area contributed by atoms with Crippen molar-refractivity contribution in [1.29, 1.82) is 0 Å². The number of halogens is 1. The maximum absolute atomic E-state index is 13.6. The molecule has 1 amide bonds. The lowest BCUT2D eigenvalue weighted by Gasteiger charge is -2.20. The van der Waals surface area contributed by atoms with Crippen LogP contribution in [0.2, 0.25) is 0 Å². The number of ether oxygens (including phenoxy) is 1. The van der Waals surface area contributed by atoms with Crippen LogP contribution in [0.1, 0.15) is 24.2 Å². The van der Waals surface area contributed by atoms with E-state index in [4.69, 9.17) is 4.74 Å². The lowest BCUT2D eigenvalue weighted by atomic mass is 10.1. The summed E-state index contributed by atoms with van der Waals surface area (Å²) in [5.74, 6) is -0.532. The van der Waals surface area contributed by atoms with Gasteiger partial charge in [0.1, 0.15) is 18.0 Å². The van der Waals surface area contributed by atoms with Crippen molar-refractivity contribution in [2.75, 3.05) is 0 Å². The summed E-state index contributed by atoms with van der Waals surface area (Å²) in [6.07, 6.45) is -2.75. The Morgan fingerprint density at radius 1 is 1.18 bits per heavy atom. The molecular formula is C17H18FNO3. The Labute approximate surface area is 128 Å². The van der Waals surface area contributed by atoms with Crippen molar-refractivity contribution in [2.45, 2.75) is 25.7 Å². The number of nitrogens with one attached hydrogen (secondary N) is 1. The molecule has 22 heavy (non-hydrogen) atoms. The van der Waals surface area contributed by atoms with Gasteiger partial charge in [-0.25, -0.2) is 9.18 Å². The zero-order valence-electron chi connectivity index (χ0n) is 12.2. The molecule has 0 aliphatic carbocycles. The maximum atomic E-state index is 13.6. The van der Waals surface area contributed by atoms with Crippen molar-refractivity contribution in [3.05, 3.63) is 71.5 Å². The van der Waals surface area contributed by atoms with Gasteiger partial charge in [-0.15, -0.1) is 0 Å². The van der Waals surface area contributed by atoms with Gasteiger partial charge in [0, 0.05) is 12.1 Å². The number of hydrogen-bond donors (Lipinski definition) is 2. The second-order valence-electron chi connectivity index (χ2n) is 4.92. The summed E-state index contributed by atoms with van der Waals surface area (Å²) < 4.78 is 18.7. The van der Waals surface area contributed by atoms with Gasteiger partial charge in [-0.2, -0.15) is 0 Å². The molecule has 0 bridgehead atoms. The average molecular weight is 303 g/mol. The molecule has 2 rings (SSSR count). The second-order valence-corrected chi connectivity index (χ2v) is 4.92. The van der Waals surface area contributed by atoms with Crippen molar-refractivity contribution in [1.82, 2.24) is 5.32 Å². The van der Waals surface area contributed by atoms with Crippen molar-refractivity contribution in [2.24, 2.45) is 0 Å². The van der Waals surface area contributed by atoms with Crippen LogP contribution >= 0.6 is 0 Å². The van der Waals surface area contributed by atoms with Crippen LogP contribution in [0.5, 0.6) is 0 Å². The van der Waals surface area contributed by atoms with Gasteiger partial charge < -0.3 is 15.2 Å². The predicted octanol–water partition coefficient (Wildman–Crippen LogP) is 3.17. The van der Waals surface area contributed by atoms with E-state index in [-0.39, 0.29) is 5.56 Å². The van der Waals surface area contributed by atoms with Crippen LogP contribution in [0.15, 0.2) is 54.6 Å². The fraction of sp³-hybridized carbons (Fsp3) is 0.235. The topological polar surface area (TPSA) is 58.6 Å². The van der Waals surface area contributed by atoms with Crippen molar-refractivity contribution in [3.8, 4) is 0 Å². The van der Waals surface area contributed by atoms with Crippen LogP contribution in [0.3, 0.4) is 0 Å². The highest BCUT2D eigenvalue weighted by Gasteiger charge is 2.22. The number of aliphatic hydroxyl groups is 1. The van der Waals surface area contributed by atoms with E-state index in [0.29, 0.717) is 6.54 Å². The van der Waals surface area contributed by atoms with E-state index in [2.05, 4.69) is 5.32 Å². The summed E-state index contributed by atoms with van der Waals surface area (Å²) in [5, 5.41) is 12.6. The molecule has 116 valence electrons. The first-order chi connectivity index (χ1) is 10.6. The van der Waals surface area contributed by atoms with Gasteiger partial charge in [0.25, 0.3) is 0 Å². The number of hydrogen-bond acceptors (Lipinski definition) is 3. The molecule has 0 saturated carbocycles. The van der Waals surface area contributed by atoms with Gasteiger partial charge in [0.05, 0.1) is 0 Å². The molecule has 2 aromatic rings. The number of rotatable bonds is 5. The Morgan fingerprint density at radius 3 is 2.50 bits per heavy atom. The number of aliphatic hydroxyl groups excluding tert-OH is 1. The average Bonchev–Trinajstić information content (AvgIpc) is 2.53. The summed E-state index contributed by atoms with van der Waals surface area (Å²) in [6, 6.07) is 15.2. The van der Waals surface area contributed by atoms with Gasteiger partial charge >= 0.3 is 6.09 Å². The van der Waals surface area contributed by atoms with Crippen LogP contribution in [0, 0.1) is 5.82 Å². The fourth-order valence-electron chi connectivity index (χ4n) is 2.01. The van der Waals surface area contributed by atoms with Crippen LogP contribution in [0.25, 0.3) is 0 Å². The third kappa shape index (κ3) is 4.30. The predicted molar refractivity (Wildman–Crippen MR) is 80.6 cm³/mol. The molecule has 0 aliphatic heterocycles. The highest BCUT2D eigenvalue weighted by Crippen LogP contribution is 2.21. The molecule has 0 spiro atoms. The largest absolute Gasteiger partial charge is 0.443 e. The Bertz CT molecular complexity index is 618. The number of carbonyl (C=O) groups is 1. The Morgan fingerprint density at radius 2 is 1.82 bits per heavy atom. The summed E-state index contributed by atoms with van der Waals surface area (Å²) in [6.45, 7) is 1.83. The molecule has 0 fully saturated rings. The van der Waals surface area contributed by atoms with Gasteiger partial charge in [-0.1, -0.05) is 48.5 Å². The minimum absolute atomic E-state index is 0.103. The first-order valence-corrected chi connectivity index (χ1v) is 6.99. The first kappa shape index (κ1) is 16.0. The minimum Gasteiger partial charge on any atom is -0.443 e. The lowest BCUT2D eigenvalue weighted by Crippen LogP contribution is -2.30. The standard InChI is InChI=1S/C17H18FNO3/c1-12(16(20)14-9-5-6-10-15(14)18)22-17(21)19-11-13-7-3-2-4-8-13/h2-10,12,16,20H,11H2,1H3,(H,19,21)/t12-,16+/m0/s1. The SMILES string of the molecule is C[C@H](OC(=O)NCc1ccccc1)[C@@H](O)c1ccccc1F. The van der Waals surface area contributed by atoms with E-state index in [1.807, 2.05) is 30.3 Å². The minimum atomic E-state index is -1.22. The number of alkyl carbamates (subject to hydrolysis) is 1. The van der Waals surface area contributed by atoms with Crippen LogP contribution in [-0.4, -0.2) is 17.3 Å². The summed E-state index contributed by atoms with van der Waals surface area (Å²) >= 11 is 0. The Kier molecular flexibility index (Phi) is 5.49. The highest BCUT2D eigenvalue weighted by molar-refractivity contribution is 5.67. The van der Waals surface area contributed by atoms with Crippen LogP contribution < -0.4 is 5.32 Å². The van der Waals surface area contributed by atoms with E-state index in [1.165, 1.54) is 25.1 Å². The Balaban J connectivity index is 1.87. The number of carbonyl (C=O) groups excluding carboxylic acids is 1. The summed E-state index contributed by atoms with van der Waals surface area (Å²) in [4.78, 5) is 11.7. The number of benzene rings is 2. The van der Waals surface area contributed by atoms with E-state index in [9.17, 15) is 14.3 Å². The van der Waals surface area contributed by atoms with Crippen molar-refractivity contribution >= 4 is 6.09 Å². The van der Waals surface area contributed by atoms with Gasteiger partial charge in [-0.05, 0) is 18.6 Å². The number of amides is 1. The highest BCUT2D eigenvalue weighted by atomic mass is 19.1. The Hall–Kier alpha value is -2.40. The molecule has 2 atom stereocenters. The van der Waals surface area contributed by atoms with Gasteiger partial charge in [-0.3, -0.25) is 0 Å². The third-order valence-electron chi connectivity index (χ3n) is 3.24. The third-order valence-corrected chi connectivity index (χ3v) is 3.24. The molecule has 0 unspecified atom stereocenters. The maximum Gasteiger partial charge on any atom is 0.407 e. The molecule has 0 aromatic heterocycles. The summed E-state index contributed by atoms with van der Waals surface area (Å²) in [5.41, 5.74) is 1.03. The molecule has 4 nitrogen and oxygen atoms in total. The molecule has 5 heteroatoms. The van der Waals surface area contributed by atoms with E-state index in [0.717, 1.165) is 5.56 Å². The van der Waals surface area contributed by atoms with Gasteiger partial charge in [0.15, 0.2) is 0 Å². The van der Waals surface area contributed by atoms with Crippen LogP contribution in [0.4, 0.5) is 9.18 Å². The zero-order chi connectivity index (χ0) is 15.9. The van der Waals surface area contributed by atoms with E-state index >= 15 is 0 Å². The molecule has 0 radical (unpaired) electrons. The molecule has 2 aromatic carbocycles. The molecule has 2 N–H and O–H groups in total. The molecular weight excluding hydrogens is 285 g/mol.